The minimum absolute atomic E-state index is 0.236. The number of amides is 2. The summed E-state index contributed by atoms with van der Waals surface area (Å²) in [5.41, 5.74) is 3.39. The van der Waals surface area contributed by atoms with Crippen LogP contribution in [0.4, 0.5) is 5.69 Å². The summed E-state index contributed by atoms with van der Waals surface area (Å²) in [5.74, 6) is -0.196. The van der Waals surface area contributed by atoms with Crippen LogP contribution in [0.3, 0.4) is 0 Å². The Morgan fingerprint density at radius 1 is 1.16 bits per heavy atom. The zero-order valence-corrected chi connectivity index (χ0v) is 15.5. The lowest BCUT2D eigenvalue weighted by atomic mass is 10.1. The first kappa shape index (κ1) is 18.7. The number of rotatable bonds is 6. The minimum Gasteiger partial charge on any atom is -0.350 e. The third-order valence-electron chi connectivity index (χ3n) is 3.99. The highest BCUT2D eigenvalue weighted by atomic mass is 16.2. The van der Waals surface area contributed by atoms with Crippen molar-refractivity contribution in [2.24, 2.45) is 5.92 Å². The molecule has 0 aliphatic carbocycles. The van der Waals surface area contributed by atoms with Crippen LogP contribution in [-0.2, 0) is 6.54 Å². The Kier molecular flexibility index (Phi) is 5.96. The van der Waals surface area contributed by atoms with Crippen molar-refractivity contribution in [3.8, 4) is 0 Å². The molecule has 0 atom stereocenters. The van der Waals surface area contributed by atoms with E-state index in [1.807, 2.05) is 46.8 Å². The quantitative estimate of drug-likeness (QED) is 0.846. The molecule has 0 saturated carbocycles. The standard InChI is InChI=1S/C19H26N4O2/c1-6-23-11-16(17(22-23)19(25)20-10-12(2)3)21-18(24)15-8-7-13(4)14(5)9-15/h7-9,11-12H,6,10H2,1-5H3,(H,20,25)(H,21,24). The lowest BCUT2D eigenvalue weighted by Crippen LogP contribution is -2.28. The van der Waals surface area contributed by atoms with E-state index in [-0.39, 0.29) is 17.5 Å². The first-order chi connectivity index (χ1) is 11.8. The molecular formula is C19H26N4O2. The molecule has 0 spiro atoms. The maximum absolute atomic E-state index is 12.5. The van der Waals surface area contributed by atoms with Crippen LogP contribution in [0, 0.1) is 19.8 Å². The highest BCUT2D eigenvalue weighted by molar-refractivity contribution is 6.08. The summed E-state index contributed by atoms with van der Waals surface area (Å²) in [6.07, 6.45) is 1.68. The second-order valence-corrected chi connectivity index (χ2v) is 6.60. The number of aryl methyl sites for hydroxylation is 3. The van der Waals surface area contributed by atoms with E-state index >= 15 is 0 Å². The van der Waals surface area contributed by atoms with Gasteiger partial charge in [-0.1, -0.05) is 19.9 Å². The Hall–Kier alpha value is -2.63. The maximum Gasteiger partial charge on any atom is 0.273 e. The van der Waals surface area contributed by atoms with Crippen LogP contribution >= 0.6 is 0 Å². The Balaban J connectivity index is 2.22. The van der Waals surface area contributed by atoms with Gasteiger partial charge in [0.1, 0.15) is 0 Å². The molecule has 0 aliphatic heterocycles. The number of benzene rings is 1. The average Bonchev–Trinajstić information content (AvgIpc) is 2.98. The van der Waals surface area contributed by atoms with Crippen LogP contribution in [0.15, 0.2) is 24.4 Å². The van der Waals surface area contributed by atoms with Gasteiger partial charge in [0.2, 0.25) is 0 Å². The maximum atomic E-state index is 12.5. The number of hydrogen-bond donors (Lipinski definition) is 2. The molecule has 25 heavy (non-hydrogen) atoms. The van der Waals surface area contributed by atoms with E-state index in [0.717, 1.165) is 11.1 Å². The number of anilines is 1. The van der Waals surface area contributed by atoms with E-state index in [1.54, 1.807) is 16.9 Å². The molecule has 2 rings (SSSR count). The topological polar surface area (TPSA) is 76.0 Å². The second kappa shape index (κ2) is 7.96. The summed E-state index contributed by atoms with van der Waals surface area (Å²) in [6, 6.07) is 5.53. The normalized spacial score (nSPS) is 10.8. The van der Waals surface area contributed by atoms with Gasteiger partial charge in [-0.3, -0.25) is 14.3 Å². The lowest BCUT2D eigenvalue weighted by molar-refractivity contribution is 0.0944. The highest BCUT2D eigenvalue weighted by Gasteiger charge is 2.19. The summed E-state index contributed by atoms with van der Waals surface area (Å²) >= 11 is 0. The van der Waals surface area contributed by atoms with E-state index in [9.17, 15) is 9.59 Å². The van der Waals surface area contributed by atoms with Gasteiger partial charge >= 0.3 is 0 Å². The van der Waals surface area contributed by atoms with Crippen molar-refractivity contribution in [3.63, 3.8) is 0 Å². The molecule has 2 N–H and O–H groups in total. The largest absolute Gasteiger partial charge is 0.350 e. The van der Waals surface area contributed by atoms with Crippen LogP contribution in [-0.4, -0.2) is 28.1 Å². The van der Waals surface area contributed by atoms with E-state index in [4.69, 9.17) is 0 Å². The van der Waals surface area contributed by atoms with Crippen molar-refractivity contribution >= 4 is 17.5 Å². The van der Waals surface area contributed by atoms with Crippen molar-refractivity contribution < 1.29 is 9.59 Å². The summed E-state index contributed by atoms with van der Waals surface area (Å²) in [4.78, 5) is 24.9. The average molecular weight is 342 g/mol. The van der Waals surface area contributed by atoms with Crippen LogP contribution in [0.1, 0.15) is 52.7 Å². The number of nitrogens with zero attached hydrogens (tertiary/aromatic N) is 2. The molecule has 6 nitrogen and oxygen atoms in total. The molecule has 134 valence electrons. The molecule has 1 aromatic carbocycles. The van der Waals surface area contributed by atoms with E-state index < -0.39 is 0 Å². The Labute approximate surface area is 148 Å². The monoisotopic (exact) mass is 342 g/mol. The molecule has 2 amide bonds. The van der Waals surface area contributed by atoms with Gasteiger partial charge in [-0.2, -0.15) is 5.10 Å². The SMILES string of the molecule is CCn1cc(NC(=O)c2ccc(C)c(C)c2)c(C(=O)NCC(C)C)n1. The molecular weight excluding hydrogens is 316 g/mol. The molecule has 0 bridgehead atoms. The summed E-state index contributed by atoms with van der Waals surface area (Å²) < 4.78 is 1.64. The first-order valence-electron chi connectivity index (χ1n) is 8.56. The van der Waals surface area contributed by atoms with Gasteiger partial charge < -0.3 is 10.6 Å². The van der Waals surface area contributed by atoms with Crippen molar-refractivity contribution in [2.75, 3.05) is 11.9 Å². The number of carbonyl (C=O) groups excluding carboxylic acids is 2. The predicted molar refractivity (Wildman–Crippen MR) is 98.9 cm³/mol. The Bertz CT molecular complexity index is 778. The molecule has 1 heterocycles. The number of carbonyl (C=O) groups is 2. The predicted octanol–water partition coefficient (Wildman–Crippen LogP) is 3.16. The minimum atomic E-state index is -0.281. The van der Waals surface area contributed by atoms with Crippen LogP contribution in [0.2, 0.25) is 0 Å². The molecule has 2 aromatic rings. The number of nitrogens with one attached hydrogen (secondary N) is 2. The fourth-order valence-electron chi connectivity index (χ4n) is 2.30. The summed E-state index contributed by atoms with van der Waals surface area (Å²) in [6.45, 7) is 11.1. The molecule has 0 radical (unpaired) electrons. The second-order valence-electron chi connectivity index (χ2n) is 6.60. The molecule has 6 heteroatoms. The first-order valence-corrected chi connectivity index (χ1v) is 8.56. The number of hydrogen-bond acceptors (Lipinski definition) is 3. The Morgan fingerprint density at radius 2 is 1.88 bits per heavy atom. The van der Waals surface area contributed by atoms with Gasteiger partial charge in [0, 0.05) is 24.8 Å². The van der Waals surface area contributed by atoms with Crippen molar-refractivity contribution in [3.05, 3.63) is 46.8 Å². The van der Waals surface area contributed by atoms with Crippen molar-refractivity contribution in [1.82, 2.24) is 15.1 Å². The van der Waals surface area contributed by atoms with Crippen LogP contribution in [0.5, 0.6) is 0 Å². The number of aromatic nitrogens is 2. The lowest BCUT2D eigenvalue weighted by Gasteiger charge is -2.09. The van der Waals surface area contributed by atoms with Gasteiger partial charge in [0.15, 0.2) is 5.69 Å². The zero-order valence-electron chi connectivity index (χ0n) is 15.5. The third kappa shape index (κ3) is 4.68. The van der Waals surface area contributed by atoms with Gasteiger partial charge in [-0.25, -0.2) is 0 Å². The third-order valence-corrected chi connectivity index (χ3v) is 3.99. The zero-order chi connectivity index (χ0) is 18.6. The van der Waals surface area contributed by atoms with E-state index in [1.165, 1.54) is 0 Å². The fraction of sp³-hybridized carbons (Fsp3) is 0.421. The van der Waals surface area contributed by atoms with Gasteiger partial charge in [-0.15, -0.1) is 0 Å². The fourth-order valence-corrected chi connectivity index (χ4v) is 2.30. The van der Waals surface area contributed by atoms with E-state index in [0.29, 0.717) is 30.3 Å². The highest BCUT2D eigenvalue weighted by Crippen LogP contribution is 2.17. The smallest absolute Gasteiger partial charge is 0.273 e. The molecule has 0 saturated heterocycles. The van der Waals surface area contributed by atoms with Crippen LogP contribution < -0.4 is 10.6 Å². The van der Waals surface area contributed by atoms with Gasteiger partial charge in [-0.05, 0) is 49.9 Å². The van der Waals surface area contributed by atoms with E-state index in [2.05, 4.69) is 15.7 Å². The molecule has 0 aliphatic rings. The molecule has 0 unspecified atom stereocenters. The molecule has 0 fully saturated rings. The van der Waals surface area contributed by atoms with Gasteiger partial charge in [0.05, 0.1) is 5.69 Å². The summed E-state index contributed by atoms with van der Waals surface area (Å²) in [5, 5.41) is 9.93. The van der Waals surface area contributed by atoms with Gasteiger partial charge in [0.25, 0.3) is 11.8 Å². The Morgan fingerprint density at radius 3 is 2.48 bits per heavy atom. The van der Waals surface area contributed by atoms with Crippen molar-refractivity contribution in [1.29, 1.82) is 0 Å². The van der Waals surface area contributed by atoms with Crippen molar-refractivity contribution in [2.45, 2.75) is 41.2 Å². The molecule has 1 aromatic heterocycles. The summed E-state index contributed by atoms with van der Waals surface area (Å²) in [7, 11) is 0. The van der Waals surface area contributed by atoms with Crippen LogP contribution in [0.25, 0.3) is 0 Å².